The van der Waals surface area contributed by atoms with E-state index in [1.54, 1.807) is 14.0 Å². The van der Waals surface area contributed by atoms with E-state index in [1.807, 2.05) is 38.1 Å². The number of carbonyl (C=O) groups excluding carboxylic acids is 2. The van der Waals surface area contributed by atoms with Gasteiger partial charge in [-0.05, 0) is 30.8 Å². The van der Waals surface area contributed by atoms with Crippen LogP contribution in [0.4, 0.5) is 5.69 Å². The number of nitrogens with one attached hydrogen (secondary N) is 2. The Labute approximate surface area is 131 Å². The number of hydrogen-bond acceptors (Lipinski definition) is 3. The summed E-state index contributed by atoms with van der Waals surface area (Å²) in [5.41, 5.74) is 4.18. The van der Waals surface area contributed by atoms with Gasteiger partial charge in [0.25, 0.3) is 0 Å². The summed E-state index contributed by atoms with van der Waals surface area (Å²) < 4.78 is 0. The van der Waals surface area contributed by atoms with Gasteiger partial charge in [-0.1, -0.05) is 32.0 Å². The van der Waals surface area contributed by atoms with Crippen LogP contribution in [0.5, 0.6) is 0 Å². The van der Waals surface area contributed by atoms with Crippen LogP contribution in [0.15, 0.2) is 24.3 Å². The molecule has 6 heteroatoms. The first kappa shape index (κ1) is 19.1. The molecule has 1 amide bonds. The van der Waals surface area contributed by atoms with Crippen molar-refractivity contribution < 1.29 is 9.59 Å². The zero-order valence-electron chi connectivity index (χ0n) is 13.2. The molecule has 0 aliphatic heterocycles. The van der Waals surface area contributed by atoms with E-state index in [4.69, 9.17) is 12.2 Å². The molecule has 0 bridgehead atoms. The fraction of sp³-hybridized carbons (Fsp3) is 0.400. The van der Waals surface area contributed by atoms with Crippen LogP contribution in [0.2, 0.25) is 0 Å². The van der Waals surface area contributed by atoms with Crippen molar-refractivity contribution >= 4 is 34.7 Å². The van der Waals surface area contributed by atoms with E-state index in [0.717, 1.165) is 11.3 Å². The number of amides is 1. The van der Waals surface area contributed by atoms with Gasteiger partial charge < -0.3 is 5.32 Å². The predicted molar refractivity (Wildman–Crippen MR) is 90.0 cm³/mol. The summed E-state index contributed by atoms with van der Waals surface area (Å²) >= 11 is 5.17. The minimum atomic E-state index is -0.205. The lowest BCUT2D eigenvalue weighted by Gasteiger charge is -2.21. The third kappa shape index (κ3) is 7.41. The van der Waals surface area contributed by atoms with Crippen LogP contribution >= 0.6 is 12.2 Å². The van der Waals surface area contributed by atoms with Crippen molar-refractivity contribution in [3.8, 4) is 0 Å². The third-order valence-electron chi connectivity index (χ3n) is 2.33. The highest BCUT2D eigenvalue weighted by Gasteiger charge is 2.09. The summed E-state index contributed by atoms with van der Waals surface area (Å²) in [5.74, 6) is -0.126. The van der Waals surface area contributed by atoms with E-state index in [1.165, 1.54) is 11.9 Å². The largest absolute Gasteiger partial charge is 0.331 e. The van der Waals surface area contributed by atoms with Gasteiger partial charge in [0.1, 0.15) is 5.78 Å². The van der Waals surface area contributed by atoms with Crippen LogP contribution < -0.4 is 10.7 Å². The van der Waals surface area contributed by atoms with Crippen LogP contribution in [0.3, 0.4) is 0 Å². The summed E-state index contributed by atoms with van der Waals surface area (Å²) in [4.78, 5) is 22.1. The lowest BCUT2D eigenvalue weighted by Crippen LogP contribution is -2.44. The number of hydrazine groups is 1. The number of thiocarbonyl (C=S) groups is 1. The topological polar surface area (TPSA) is 61.4 Å². The van der Waals surface area contributed by atoms with E-state index in [2.05, 4.69) is 10.7 Å². The maximum Gasteiger partial charge on any atom is 0.235 e. The smallest absolute Gasteiger partial charge is 0.235 e. The molecule has 0 fully saturated rings. The van der Waals surface area contributed by atoms with E-state index in [0.29, 0.717) is 11.5 Å². The highest BCUT2D eigenvalue weighted by Crippen LogP contribution is 2.16. The fourth-order valence-electron chi connectivity index (χ4n) is 1.55. The van der Waals surface area contributed by atoms with Crippen molar-refractivity contribution in [2.24, 2.45) is 0 Å². The van der Waals surface area contributed by atoms with Gasteiger partial charge in [-0.3, -0.25) is 20.0 Å². The second-order valence-electron chi connectivity index (χ2n) is 4.19. The highest BCUT2D eigenvalue weighted by molar-refractivity contribution is 7.80. The zero-order chi connectivity index (χ0) is 16.4. The molecular weight excluding hydrogens is 286 g/mol. The maximum atomic E-state index is 11.2. The van der Waals surface area contributed by atoms with Crippen LogP contribution in [-0.4, -0.2) is 28.9 Å². The molecule has 0 aliphatic rings. The molecule has 0 aliphatic carbocycles. The van der Waals surface area contributed by atoms with Crippen LogP contribution in [0.1, 0.15) is 33.3 Å². The molecule has 0 spiro atoms. The van der Waals surface area contributed by atoms with Crippen molar-refractivity contribution in [2.45, 2.75) is 34.1 Å². The van der Waals surface area contributed by atoms with Crippen molar-refractivity contribution in [1.82, 2.24) is 10.4 Å². The van der Waals surface area contributed by atoms with Gasteiger partial charge in [-0.25, -0.2) is 0 Å². The van der Waals surface area contributed by atoms with Gasteiger partial charge in [0.15, 0.2) is 5.11 Å². The number of benzene rings is 1. The Morgan fingerprint density at radius 3 is 2.29 bits per heavy atom. The highest BCUT2D eigenvalue weighted by atomic mass is 32.1. The lowest BCUT2D eigenvalue weighted by molar-refractivity contribution is -0.121. The van der Waals surface area contributed by atoms with Gasteiger partial charge in [0.2, 0.25) is 5.91 Å². The Bertz CT molecular complexity index is 503. The normalized spacial score (nSPS) is 9.00. The van der Waals surface area contributed by atoms with Crippen molar-refractivity contribution in [3.05, 3.63) is 29.8 Å². The van der Waals surface area contributed by atoms with E-state index in [9.17, 15) is 9.59 Å². The lowest BCUT2D eigenvalue weighted by atomic mass is 10.1. The molecule has 0 saturated carbocycles. The minimum absolute atomic E-state index is 0.0791. The van der Waals surface area contributed by atoms with Gasteiger partial charge in [0, 0.05) is 26.1 Å². The third-order valence-corrected chi connectivity index (χ3v) is 2.70. The Kier molecular flexibility index (Phi) is 8.96. The first-order valence-corrected chi connectivity index (χ1v) is 7.20. The van der Waals surface area contributed by atoms with Crippen LogP contribution in [-0.2, 0) is 16.0 Å². The van der Waals surface area contributed by atoms with E-state index >= 15 is 0 Å². The van der Waals surface area contributed by atoms with E-state index in [-0.39, 0.29) is 11.7 Å². The first-order chi connectivity index (χ1) is 9.90. The molecule has 21 heavy (non-hydrogen) atoms. The molecule has 0 heterocycles. The summed E-state index contributed by atoms with van der Waals surface area (Å²) in [7, 11) is 1.64. The Hall–Kier alpha value is -1.95. The monoisotopic (exact) mass is 309 g/mol. The predicted octanol–water partition coefficient (Wildman–Crippen LogP) is 2.52. The molecule has 1 rings (SSSR count). The summed E-state index contributed by atoms with van der Waals surface area (Å²) in [6.45, 7) is 6.95. The number of hydrogen-bond donors (Lipinski definition) is 2. The van der Waals surface area contributed by atoms with Crippen molar-refractivity contribution in [1.29, 1.82) is 0 Å². The molecule has 5 nitrogen and oxygen atoms in total. The molecule has 0 aromatic heterocycles. The Morgan fingerprint density at radius 1 is 1.19 bits per heavy atom. The average molecular weight is 309 g/mol. The average Bonchev–Trinajstić information content (AvgIpc) is 2.42. The van der Waals surface area contributed by atoms with Gasteiger partial charge >= 0.3 is 0 Å². The molecule has 1 aromatic rings. The number of anilines is 1. The van der Waals surface area contributed by atoms with E-state index < -0.39 is 0 Å². The SMILES string of the molecule is CC.CC(=O)Cc1ccccc1NC(=S)N(C)NC(C)=O. The molecule has 0 saturated heterocycles. The molecular formula is C15H23N3O2S. The molecule has 0 radical (unpaired) electrons. The molecule has 0 unspecified atom stereocenters. The first-order valence-electron chi connectivity index (χ1n) is 6.79. The molecule has 2 N–H and O–H groups in total. The Balaban J connectivity index is 0.00000191. The Morgan fingerprint density at radius 2 is 1.76 bits per heavy atom. The molecule has 116 valence electrons. The van der Waals surface area contributed by atoms with Crippen LogP contribution in [0, 0.1) is 0 Å². The van der Waals surface area contributed by atoms with Gasteiger partial charge in [0.05, 0.1) is 0 Å². The standard InChI is InChI=1S/C13H17N3O2S.C2H6/c1-9(17)8-11-6-4-5-7-12(11)14-13(19)16(3)15-10(2)18;1-2/h4-7H,8H2,1-3H3,(H,14,19)(H,15,18);1-2H3. The summed E-state index contributed by atoms with van der Waals surface area (Å²) in [6, 6.07) is 7.42. The quantitative estimate of drug-likeness (QED) is 0.663. The summed E-state index contributed by atoms with van der Waals surface area (Å²) in [6.07, 6.45) is 0.343. The van der Waals surface area contributed by atoms with Crippen LogP contribution in [0.25, 0.3) is 0 Å². The molecule has 0 atom stereocenters. The number of nitrogens with zero attached hydrogens (tertiary/aromatic N) is 1. The summed E-state index contributed by atoms with van der Waals surface area (Å²) in [5, 5.41) is 4.78. The minimum Gasteiger partial charge on any atom is -0.331 e. The number of carbonyl (C=O) groups is 2. The molecule has 1 aromatic carbocycles. The number of ketones is 1. The number of rotatable bonds is 3. The fourth-order valence-corrected chi connectivity index (χ4v) is 1.71. The zero-order valence-corrected chi connectivity index (χ0v) is 14.0. The number of para-hydroxylation sites is 1. The second kappa shape index (κ2) is 9.88. The number of Topliss-reactive ketones (excluding diaryl/α,β-unsaturated/α-hetero) is 1. The van der Waals surface area contributed by atoms with Gasteiger partial charge in [-0.2, -0.15) is 0 Å². The van der Waals surface area contributed by atoms with Crippen molar-refractivity contribution in [2.75, 3.05) is 12.4 Å². The van der Waals surface area contributed by atoms with Gasteiger partial charge in [-0.15, -0.1) is 0 Å². The second-order valence-corrected chi connectivity index (χ2v) is 4.58. The maximum absolute atomic E-state index is 11.2. The van der Waals surface area contributed by atoms with Crippen molar-refractivity contribution in [3.63, 3.8) is 0 Å².